The molecule has 0 aliphatic rings. The van der Waals surface area contributed by atoms with E-state index >= 15 is 0 Å². The fraction of sp³-hybridized carbons (Fsp3) is 0.0769. The predicted octanol–water partition coefficient (Wildman–Crippen LogP) is 6.89. The summed E-state index contributed by atoms with van der Waals surface area (Å²) in [5.74, 6) is 0. The van der Waals surface area contributed by atoms with Gasteiger partial charge in [-0.25, -0.2) is 0 Å². The van der Waals surface area contributed by atoms with Crippen molar-refractivity contribution in [3.8, 4) is 0 Å². The van der Waals surface area contributed by atoms with Gasteiger partial charge in [0.05, 0.1) is 9.85 Å². The molecule has 0 aliphatic carbocycles. The van der Waals surface area contributed by atoms with E-state index in [-0.39, 0.29) is 4.83 Å². The SMILES string of the molecule is Clc1ccc(C(Br)c2ccc(Br)c(Cl)c2)c(Cl)c1. The molecule has 0 amide bonds. The summed E-state index contributed by atoms with van der Waals surface area (Å²) in [4.78, 5) is -0.0205. The van der Waals surface area contributed by atoms with E-state index in [1.54, 1.807) is 6.07 Å². The Kier molecular flexibility index (Phi) is 5.01. The van der Waals surface area contributed by atoms with E-state index in [2.05, 4.69) is 31.9 Å². The van der Waals surface area contributed by atoms with E-state index < -0.39 is 0 Å². The summed E-state index contributed by atoms with van der Waals surface area (Å²) >= 11 is 25.2. The van der Waals surface area contributed by atoms with E-state index in [9.17, 15) is 0 Å². The topological polar surface area (TPSA) is 0 Å². The Hall–Kier alpha value is 0.270. The Bertz CT molecular complexity index is 584. The molecular weight excluding hydrogens is 422 g/mol. The van der Waals surface area contributed by atoms with Crippen molar-refractivity contribution >= 4 is 66.7 Å². The van der Waals surface area contributed by atoms with E-state index in [1.165, 1.54) is 0 Å². The summed E-state index contributed by atoms with van der Waals surface area (Å²) in [6.07, 6.45) is 0. The van der Waals surface area contributed by atoms with Crippen LogP contribution in [0.25, 0.3) is 0 Å². The Balaban J connectivity index is 2.41. The van der Waals surface area contributed by atoms with Crippen molar-refractivity contribution in [2.45, 2.75) is 4.83 Å². The molecule has 0 fully saturated rings. The third-order valence-corrected chi connectivity index (χ3v) is 5.29. The van der Waals surface area contributed by atoms with Crippen LogP contribution >= 0.6 is 66.7 Å². The van der Waals surface area contributed by atoms with Crippen LogP contribution in [0, 0.1) is 0 Å². The minimum absolute atomic E-state index is 0.0205. The standard InChI is InChI=1S/C13H7Br2Cl3/c14-10-4-1-7(5-12(10)18)13(15)9-3-2-8(16)6-11(9)17/h1-6,13H. The third kappa shape index (κ3) is 3.23. The van der Waals surface area contributed by atoms with Gasteiger partial charge in [0.2, 0.25) is 0 Å². The van der Waals surface area contributed by atoms with Crippen molar-refractivity contribution in [3.63, 3.8) is 0 Å². The lowest BCUT2D eigenvalue weighted by Crippen LogP contribution is -1.94. The Morgan fingerprint density at radius 3 is 2.22 bits per heavy atom. The Morgan fingerprint density at radius 2 is 1.61 bits per heavy atom. The van der Waals surface area contributed by atoms with Crippen molar-refractivity contribution in [1.82, 2.24) is 0 Å². The molecule has 0 N–H and O–H groups in total. The van der Waals surface area contributed by atoms with Crippen LogP contribution in [0.3, 0.4) is 0 Å². The highest BCUT2D eigenvalue weighted by atomic mass is 79.9. The van der Waals surface area contributed by atoms with Gasteiger partial charge < -0.3 is 0 Å². The van der Waals surface area contributed by atoms with Crippen LogP contribution < -0.4 is 0 Å². The smallest absolute Gasteiger partial charge is 0.0659 e. The lowest BCUT2D eigenvalue weighted by molar-refractivity contribution is 1.18. The van der Waals surface area contributed by atoms with Crippen LogP contribution in [0.15, 0.2) is 40.9 Å². The molecule has 2 aromatic rings. The normalized spacial score (nSPS) is 12.5. The number of hydrogen-bond donors (Lipinski definition) is 0. The van der Waals surface area contributed by atoms with Gasteiger partial charge in [0, 0.05) is 14.5 Å². The highest BCUT2D eigenvalue weighted by molar-refractivity contribution is 9.10. The average molecular weight is 429 g/mol. The first-order valence-corrected chi connectivity index (χ1v) is 7.87. The van der Waals surface area contributed by atoms with Gasteiger partial charge in [-0.1, -0.05) is 62.9 Å². The van der Waals surface area contributed by atoms with E-state index in [0.29, 0.717) is 15.1 Å². The second-order valence-electron chi connectivity index (χ2n) is 3.70. The molecule has 0 saturated heterocycles. The minimum atomic E-state index is -0.0205. The third-order valence-electron chi connectivity index (χ3n) is 2.47. The van der Waals surface area contributed by atoms with Crippen LogP contribution in [-0.2, 0) is 0 Å². The number of alkyl halides is 1. The van der Waals surface area contributed by atoms with Gasteiger partial charge in [0.1, 0.15) is 0 Å². The molecule has 0 nitrogen and oxygen atoms in total. The van der Waals surface area contributed by atoms with Gasteiger partial charge in [0.25, 0.3) is 0 Å². The summed E-state index contributed by atoms with van der Waals surface area (Å²) in [5, 5.41) is 1.92. The molecule has 0 radical (unpaired) electrons. The highest BCUT2D eigenvalue weighted by Crippen LogP contribution is 2.38. The molecule has 2 rings (SSSR count). The zero-order chi connectivity index (χ0) is 13.3. The number of rotatable bonds is 2. The van der Waals surface area contributed by atoms with Crippen molar-refractivity contribution in [2.75, 3.05) is 0 Å². The van der Waals surface area contributed by atoms with Crippen molar-refractivity contribution in [2.24, 2.45) is 0 Å². The lowest BCUT2D eigenvalue weighted by atomic mass is 10.0. The molecule has 5 heteroatoms. The summed E-state index contributed by atoms with van der Waals surface area (Å²) < 4.78 is 0.870. The van der Waals surface area contributed by atoms with Gasteiger partial charge in [-0.05, 0) is 51.3 Å². The largest absolute Gasteiger partial charge is 0.0843 e. The van der Waals surface area contributed by atoms with Crippen molar-refractivity contribution in [1.29, 1.82) is 0 Å². The quantitative estimate of drug-likeness (QED) is 0.456. The molecule has 0 bridgehead atoms. The second-order valence-corrected chi connectivity index (χ2v) is 6.72. The fourth-order valence-corrected chi connectivity index (χ4v) is 3.33. The van der Waals surface area contributed by atoms with Gasteiger partial charge in [-0.2, -0.15) is 0 Å². The van der Waals surface area contributed by atoms with Crippen LogP contribution in [0.2, 0.25) is 15.1 Å². The monoisotopic (exact) mass is 426 g/mol. The summed E-state index contributed by atoms with van der Waals surface area (Å²) in [6.45, 7) is 0. The molecule has 18 heavy (non-hydrogen) atoms. The van der Waals surface area contributed by atoms with E-state index in [0.717, 1.165) is 15.6 Å². The molecule has 1 unspecified atom stereocenters. The van der Waals surface area contributed by atoms with Crippen molar-refractivity contribution in [3.05, 3.63) is 67.1 Å². The van der Waals surface area contributed by atoms with Crippen molar-refractivity contribution < 1.29 is 0 Å². The van der Waals surface area contributed by atoms with Crippen LogP contribution in [0.1, 0.15) is 16.0 Å². The van der Waals surface area contributed by atoms with Gasteiger partial charge in [-0.15, -0.1) is 0 Å². The van der Waals surface area contributed by atoms with Crippen LogP contribution in [0.5, 0.6) is 0 Å². The maximum absolute atomic E-state index is 6.19. The molecule has 2 aromatic carbocycles. The summed E-state index contributed by atoms with van der Waals surface area (Å²) in [5.41, 5.74) is 1.99. The van der Waals surface area contributed by atoms with E-state index in [1.807, 2.05) is 30.3 Å². The first-order chi connectivity index (χ1) is 8.49. The first kappa shape index (κ1) is 14.7. The molecule has 0 spiro atoms. The minimum Gasteiger partial charge on any atom is -0.0843 e. The number of benzene rings is 2. The maximum Gasteiger partial charge on any atom is 0.0659 e. The maximum atomic E-state index is 6.19. The first-order valence-electron chi connectivity index (χ1n) is 5.03. The number of hydrogen-bond acceptors (Lipinski definition) is 0. The van der Waals surface area contributed by atoms with Crippen LogP contribution in [0.4, 0.5) is 0 Å². The molecule has 1 atom stereocenters. The molecular formula is C13H7Br2Cl3. The molecule has 0 heterocycles. The van der Waals surface area contributed by atoms with Crippen LogP contribution in [-0.4, -0.2) is 0 Å². The van der Waals surface area contributed by atoms with Gasteiger partial charge in [-0.3, -0.25) is 0 Å². The molecule has 0 aromatic heterocycles. The zero-order valence-electron chi connectivity index (χ0n) is 8.93. The average Bonchev–Trinajstić information content (AvgIpc) is 2.32. The predicted molar refractivity (Wildman–Crippen MR) is 86.4 cm³/mol. The summed E-state index contributed by atoms with van der Waals surface area (Å²) in [6, 6.07) is 11.2. The molecule has 94 valence electrons. The molecule has 0 aliphatic heterocycles. The Labute approximate surface area is 137 Å². The van der Waals surface area contributed by atoms with Gasteiger partial charge in [0.15, 0.2) is 0 Å². The number of halogens is 5. The highest BCUT2D eigenvalue weighted by Gasteiger charge is 2.15. The van der Waals surface area contributed by atoms with E-state index in [4.69, 9.17) is 34.8 Å². The van der Waals surface area contributed by atoms with Gasteiger partial charge >= 0.3 is 0 Å². The summed E-state index contributed by atoms with van der Waals surface area (Å²) in [7, 11) is 0. The zero-order valence-corrected chi connectivity index (χ0v) is 14.4. The lowest BCUT2D eigenvalue weighted by Gasteiger charge is -2.13. The fourth-order valence-electron chi connectivity index (χ4n) is 1.56. The second kappa shape index (κ2) is 6.15. The Morgan fingerprint density at radius 1 is 0.889 bits per heavy atom. The molecule has 0 saturated carbocycles.